The van der Waals surface area contributed by atoms with Crippen LogP contribution in [0.2, 0.25) is 0 Å². The van der Waals surface area contributed by atoms with Crippen molar-refractivity contribution in [3.8, 4) is 5.75 Å². The van der Waals surface area contributed by atoms with E-state index in [0.717, 1.165) is 31.6 Å². The number of likely N-dealkylation sites (tertiary alicyclic amines) is 1. The van der Waals surface area contributed by atoms with E-state index < -0.39 is 0 Å². The van der Waals surface area contributed by atoms with Gasteiger partial charge in [0.2, 0.25) is 5.91 Å². The smallest absolute Gasteiger partial charge is 0.236 e. The molecule has 21 heavy (non-hydrogen) atoms. The zero-order valence-corrected chi connectivity index (χ0v) is 12.7. The number of carbonyl (C=O) groups excluding carboxylic acids is 1. The van der Waals surface area contributed by atoms with Crippen LogP contribution in [-0.2, 0) is 11.2 Å². The van der Waals surface area contributed by atoms with Crippen molar-refractivity contribution in [1.29, 1.82) is 0 Å². The third kappa shape index (κ3) is 3.56. The predicted molar refractivity (Wildman–Crippen MR) is 82.5 cm³/mol. The Labute approximate surface area is 126 Å². The maximum absolute atomic E-state index is 12.4. The van der Waals surface area contributed by atoms with Crippen molar-refractivity contribution in [2.24, 2.45) is 0 Å². The molecule has 0 spiro atoms. The van der Waals surface area contributed by atoms with E-state index in [4.69, 9.17) is 4.74 Å². The largest absolute Gasteiger partial charge is 0.496 e. The van der Waals surface area contributed by atoms with Crippen molar-refractivity contribution in [1.82, 2.24) is 10.2 Å². The summed E-state index contributed by atoms with van der Waals surface area (Å²) in [5.41, 5.74) is 1.19. The lowest BCUT2D eigenvalue weighted by molar-refractivity contribution is -0.131. The van der Waals surface area contributed by atoms with Gasteiger partial charge in [0, 0.05) is 18.6 Å². The van der Waals surface area contributed by atoms with Crippen molar-refractivity contribution < 1.29 is 9.53 Å². The number of para-hydroxylation sites is 1. The molecule has 2 aliphatic rings. The minimum absolute atomic E-state index is 0.249. The first-order valence-corrected chi connectivity index (χ1v) is 7.92. The fraction of sp³-hybridized carbons (Fsp3) is 0.588. The second-order valence-electron chi connectivity index (χ2n) is 6.05. The van der Waals surface area contributed by atoms with Crippen LogP contribution in [0.15, 0.2) is 24.3 Å². The van der Waals surface area contributed by atoms with Crippen molar-refractivity contribution >= 4 is 5.91 Å². The van der Waals surface area contributed by atoms with E-state index in [1.54, 1.807) is 7.11 Å². The van der Waals surface area contributed by atoms with Gasteiger partial charge in [-0.3, -0.25) is 4.79 Å². The highest BCUT2D eigenvalue weighted by atomic mass is 16.5. The van der Waals surface area contributed by atoms with Gasteiger partial charge in [0.1, 0.15) is 5.75 Å². The molecule has 0 radical (unpaired) electrons. The molecule has 1 aromatic rings. The number of hydrogen-bond acceptors (Lipinski definition) is 3. The number of methoxy groups -OCH3 is 1. The Kier molecular flexibility index (Phi) is 4.44. The highest BCUT2D eigenvalue weighted by Crippen LogP contribution is 2.26. The van der Waals surface area contributed by atoms with Gasteiger partial charge in [0.25, 0.3) is 0 Å². The molecule has 1 aliphatic heterocycles. The monoisotopic (exact) mass is 288 g/mol. The van der Waals surface area contributed by atoms with E-state index in [9.17, 15) is 4.79 Å². The van der Waals surface area contributed by atoms with Crippen molar-refractivity contribution in [2.45, 2.75) is 44.2 Å². The molecule has 1 saturated carbocycles. The van der Waals surface area contributed by atoms with Gasteiger partial charge in [-0.05, 0) is 43.7 Å². The quantitative estimate of drug-likeness (QED) is 0.870. The first kappa shape index (κ1) is 14.4. The van der Waals surface area contributed by atoms with Crippen molar-refractivity contribution in [3.05, 3.63) is 29.8 Å². The Morgan fingerprint density at radius 2 is 2.14 bits per heavy atom. The molecule has 2 fully saturated rings. The number of nitrogens with one attached hydrogen (secondary N) is 1. The summed E-state index contributed by atoms with van der Waals surface area (Å²) >= 11 is 0. The van der Waals surface area contributed by atoms with Crippen molar-refractivity contribution in [3.63, 3.8) is 0 Å². The number of hydrogen-bond donors (Lipinski definition) is 1. The SMILES string of the molecule is COc1ccccc1CC1CCCN1C(=O)CNC1CC1. The minimum atomic E-state index is 0.249. The van der Waals surface area contributed by atoms with Gasteiger partial charge in [-0.1, -0.05) is 18.2 Å². The van der Waals surface area contributed by atoms with Crippen LogP contribution < -0.4 is 10.1 Å². The molecule has 114 valence electrons. The van der Waals surface area contributed by atoms with E-state index >= 15 is 0 Å². The van der Waals surface area contributed by atoms with Crippen LogP contribution >= 0.6 is 0 Å². The molecule has 4 nitrogen and oxygen atoms in total. The topological polar surface area (TPSA) is 41.6 Å². The summed E-state index contributed by atoms with van der Waals surface area (Å²) in [5.74, 6) is 1.17. The molecule has 3 rings (SSSR count). The Balaban J connectivity index is 1.61. The van der Waals surface area contributed by atoms with E-state index in [1.165, 1.54) is 18.4 Å². The average Bonchev–Trinajstić information content (AvgIpc) is 3.23. The lowest BCUT2D eigenvalue weighted by atomic mass is 10.0. The van der Waals surface area contributed by atoms with Gasteiger partial charge < -0.3 is 15.0 Å². The number of amides is 1. The Morgan fingerprint density at radius 1 is 1.33 bits per heavy atom. The van der Waals surface area contributed by atoms with Gasteiger partial charge in [-0.15, -0.1) is 0 Å². The number of rotatable bonds is 6. The van der Waals surface area contributed by atoms with Crippen LogP contribution in [0.4, 0.5) is 0 Å². The zero-order chi connectivity index (χ0) is 14.7. The van der Waals surface area contributed by atoms with Gasteiger partial charge in [0.15, 0.2) is 0 Å². The van der Waals surface area contributed by atoms with E-state index in [2.05, 4.69) is 16.3 Å². The molecular formula is C17H24N2O2. The molecule has 1 unspecified atom stereocenters. The predicted octanol–water partition coefficient (Wildman–Crippen LogP) is 1.98. The van der Waals surface area contributed by atoms with Crippen LogP contribution in [-0.4, -0.2) is 43.1 Å². The second-order valence-corrected chi connectivity index (χ2v) is 6.05. The second kappa shape index (κ2) is 6.48. The van der Waals surface area contributed by atoms with Crippen LogP contribution in [0.25, 0.3) is 0 Å². The molecule has 1 N–H and O–H groups in total. The first-order valence-electron chi connectivity index (χ1n) is 7.92. The van der Waals surface area contributed by atoms with Gasteiger partial charge in [-0.2, -0.15) is 0 Å². The molecule has 1 saturated heterocycles. The number of benzene rings is 1. The third-order valence-electron chi connectivity index (χ3n) is 4.46. The highest BCUT2D eigenvalue weighted by Gasteiger charge is 2.30. The van der Waals surface area contributed by atoms with Crippen LogP contribution in [0.1, 0.15) is 31.2 Å². The van der Waals surface area contributed by atoms with Gasteiger partial charge in [-0.25, -0.2) is 0 Å². The highest BCUT2D eigenvalue weighted by molar-refractivity contribution is 5.79. The van der Waals surface area contributed by atoms with Gasteiger partial charge in [0.05, 0.1) is 13.7 Å². The summed E-state index contributed by atoms with van der Waals surface area (Å²) in [7, 11) is 1.70. The number of nitrogens with zero attached hydrogens (tertiary/aromatic N) is 1. The van der Waals surface area contributed by atoms with Crippen LogP contribution in [0, 0.1) is 0 Å². The Hall–Kier alpha value is -1.55. The first-order chi connectivity index (χ1) is 10.3. The molecule has 1 aliphatic carbocycles. The van der Waals surface area contributed by atoms with Gasteiger partial charge >= 0.3 is 0 Å². The van der Waals surface area contributed by atoms with E-state index in [0.29, 0.717) is 18.6 Å². The molecule has 1 heterocycles. The van der Waals surface area contributed by atoms with Crippen molar-refractivity contribution in [2.75, 3.05) is 20.2 Å². The summed E-state index contributed by atoms with van der Waals surface area (Å²) < 4.78 is 5.42. The zero-order valence-electron chi connectivity index (χ0n) is 12.7. The maximum atomic E-state index is 12.4. The summed E-state index contributed by atoms with van der Waals surface area (Å²) in [4.78, 5) is 14.4. The van der Waals surface area contributed by atoms with E-state index in [-0.39, 0.29) is 5.91 Å². The average molecular weight is 288 g/mol. The lowest BCUT2D eigenvalue weighted by Crippen LogP contribution is -2.42. The lowest BCUT2D eigenvalue weighted by Gasteiger charge is -2.25. The molecule has 4 heteroatoms. The molecule has 0 bridgehead atoms. The van der Waals surface area contributed by atoms with Crippen LogP contribution in [0.3, 0.4) is 0 Å². The number of carbonyl (C=O) groups is 1. The summed E-state index contributed by atoms with van der Waals surface area (Å²) in [6.07, 6.45) is 5.53. The molecule has 0 aromatic heterocycles. The third-order valence-corrected chi connectivity index (χ3v) is 4.46. The standard InChI is InChI=1S/C17H24N2O2/c1-21-16-7-3-2-5-13(16)11-15-6-4-10-19(15)17(20)12-18-14-8-9-14/h2-3,5,7,14-15,18H,4,6,8-12H2,1H3. The summed E-state index contributed by atoms with van der Waals surface area (Å²) in [6.45, 7) is 1.39. The Morgan fingerprint density at radius 3 is 2.90 bits per heavy atom. The van der Waals surface area contributed by atoms with Crippen LogP contribution in [0.5, 0.6) is 5.75 Å². The van der Waals surface area contributed by atoms with E-state index in [1.807, 2.05) is 18.2 Å². The summed E-state index contributed by atoms with van der Waals surface area (Å²) in [5, 5.41) is 3.32. The minimum Gasteiger partial charge on any atom is -0.496 e. The fourth-order valence-corrected chi connectivity index (χ4v) is 3.12. The molecular weight excluding hydrogens is 264 g/mol. The number of ether oxygens (including phenoxy) is 1. The maximum Gasteiger partial charge on any atom is 0.236 e. The molecule has 1 aromatic carbocycles. The molecule has 1 amide bonds. The summed E-state index contributed by atoms with van der Waals surface area (Å²) in [6, 6.07) is 9.01. The molecule has 1 atom stereocenters. The normalized spacial score (nSPS) is 21.6. The Bertz CT molecular complexity index is 499. The fourth-order valence-electron chi connectivity index (χ4n) is 3.12.